The van der Waals surface area contributed by atoms with Crippen LogP contribution >= 0.6 is 0 Å². The highest BCUT2D eigenvalue weighted by atomic mass is 16.4. The van der Waals surface area contributed by atoms with Crippen LogP contribution in [-0.2, 0) is 6.54 Å². The van der Waals surface area contributed by atoms with Crippen LogP contribution in [0.1, 0.15) is 23.1 Å². The van der Waals surface area contributed by atoms with Gasteiger partial charge in [-0.2, -0.15) is 0 Å². The van der Waals surface area contributed by atoms with Gasteiger partial charge in [0.15, 0.2) is 0 Å². The number of aromatic carboxylic acids is 1. The molecule has 102 valence electrons. The van der Waals surface area contributed by atoms with Crippen molar-refractivity contribution >= 4 is 17.0 Å². The normalized spacial score (nSPS) is 13.1. The summed E-state index contributed by atoms with van der Waals surface area (Å²) in [6.07, 6.45) is 0. The van der Waals surface area contributed by atoms with Crippen LogP contribution in [0.25, 0.3) is 11.0 Å². The molecule has 0 radical (unpaired) electrons. The summed E-state index contributed by atoms with van der Waals surface area (Å²) in [7, 11) is 4.06. The van der Waals surface area contributed by atoms with E-state index in [1.54, 1.807) is 12.1 Å². The minimum absolute atomic E-state index is 0.261. The average molecular weight is 261 g/mol. The van der Waals surface area contributed by atoms with Gasteiger partial charge in [-0.15, -0.1) is 0 Å². The molecule has 1 heterocycles. The molecule has 0 bridgehead atoms. The number of para-hydroxylation sites is 1. The van der Waals surface area contributed by atoms with Gasteiger partial charge in [0, 0.05) is 12.6 Å². The summed E-state index contributed by atoms with van der Waals surface area (Å²) in [5, 5.41) is 9.20. The van der Waals surface area contributed by atoms with Crippen molar-refractivity contribution in [3.8, 4) is 0 Å². The summed E-state index contributed by atoms with van der Waals surface area (Å²) in [5.41, 5.74) is 1.71. The Morgan fingerprint density at radius 2 is 2.16 bits per heavy atom. The lowest BCUT2D eigenvalue weighted by Crippen LogP contribution is -2.29. The average Bonchev–Trinajstić information content (AvgIpc) is 2.65. The first-order valence-corrected chi connectivity index (χ1v) is 6.27. The fourth-order valence-corrected chi connectivity index (χ4v) is 2.09. The second-order valence-electron chi connectivity index (χ2n) is 5.06. The van der Waals surface area contributed by atoms with E-state index >= 15 is 0 Å². The number of nitrogens with zero attached hydrogens (tertiary/aromatic N) is 3. The third kappa shape index (κ3) is 2.46. The van der Waals surface area contributed by atoms with Gasteiger partial charge in [-0.3, -0.25) is 0 Å². The van der Waals surface area contributed by atoms with Gasteiger partial charge in [-0.25, -0.2) is 9.78 Å². The lowest BCUT2D eigenvalue weighted by atomic mass is 10.2. The fourth-order valence-electron chi connectivity index (χ4n) is 2.09. The molecule has 0 fully saturated rings. The van der Waals surface area contributed by atoms with Crippen molar-refractivity contribution in [1.29, 1.82) is 0 Å². The van der Waals surface area contributed by atoms with Crippen molar-refractivity contribution < 1.29 is 9.90 Å². The number of hydrogen-bond acceptors (Lipinski definition) is 3. The van der Waals surface area contributed by atoms with Gasteiger partial charge in [-0.05, 0) is 40.1 Å². The number of aromatic nitrogens is 2. The summed E-state index contributed by atoms with van der Waals surface area (Å²) in [6, 6.07) is 5.63. The molecule has 0 aliphatic carbocycles. The van der Waals surface area contributed by atoms with E-state index in [0.717, 1.165) is 17.9 Å². The highest BCUT2D eigenvalue weighted by molar-refractivity contribution is 6.01. The smallest absolute Gasteiger partial charge is 0.337 e. The lowest BCUT2D eigenvalue weighted by Gasteiger charge is -2.21. The summed E-state index contributed by atoms with van der Waals surface area (Å²) in [6.45, 7) is 4.83. The van der Waals surface area contributed by atoms with Crippen LogP contribution in [0.2, 0.25) is 0 Å². The molecule has 1 aromatic heterocycles. The number of hydrogen-bond donors (Lipinski definition) is 1. The molecule has 0 aliphatic rings. The minimum atomic E-state index is -0.934. The van der Waals surface area contributed by atoms with Crippen molar-refractivity contribution in [2.45, 2.75) is 26.4 Å². The molecule has 1 atom stereocenters. The van der Waals surface area contributed by atoms with Crippen LogP contribution in [0.15, 0.2) is 18.2 Å². The molecule has 0 amide bonds. The molecule has 1 N–H and O–H groups in total. The Labute approximate surface area is 112 Å². The molecule has 0 aliphatic heterocycles. The SMILES string of the molecule is Cc1nc2c(C(=O)O)cccc2n1CC(C)N(C)C. The monoisotopic (exact) mass is 261 g/mol. The Kier molecular flexibility index (Phi) is 3.57. The number of fused-ring (bicyclic) bond motifs is 1. The number of likely N-dealkylation sites (N-methyl/N-ethyl adjacent to an activating group) is 1. The zero-order valence-electron chi connectivity index (χ0n) is 11.7. The van der Waals surface area contributed by atoms with Crippen LogP contribution in [0.3, 0.4) is 0 Å². The molecule has 5 nitrogen and oxygen atoms in total. The summed E-state index contributed by atoms with van der Waals surface area (Å²) in [5.74, 6) is -0.0895. The van der Waals surface area contributed by atoms with Gasteiger partial charge in [0.1, 0.15) is 11.3 Å². The third-order valence-electron chi connectivity index (χ3n) is 3.53. The number of carboxylic acid groups (broad SMARTS) is 1. The predicted octanol–water partition coefficient (Wildman–Crippen LogP) is 1.99. The summed E-state index contributed by atoms with van der Waals surface area (Å²) < 4.78 is 2.08. The van der Waals surface area contributed by atoms with Crippen molar-refractivity contribution in [3.05, 3.63) is 29.6 Å². The first kappa shape index (κ1) is 13.5. The van der Waals surface area contributed by atoms with E-state index in [9.17, 15) is 9.90 Å². The predicted molar refractivity (Wildman–Crippen MR) is 74.6 cm³/mol. The van der Waals surface area contributed by atoms with Crippen LogP contribution in [0.4, 0.5) is 0 Å². The molecule has 19 heavy (non-hydrogen) atoms. The van der Waals surface area contributed by atoms with Crippen molar-refractivity contribution in [2.24, 2.45) is 0 Å². The Bertz CT molecular complexity index is 616. The van der Waals surface area contributed by atoms with Gasteiger partial charge in [0.05, 0.1) is 11.1 Å². The standard InChI is InChI=1S/C14H19N3O2/c1-9(16(3)4)8-17-10(2)15-13-11(14(18)19)6-5-7-12(13)17/h5-7,9H,8H2,1-4H3,(H,18,19). The molecule has 2 rings (SSSR count). The van der Waals surface area contributed by atoms with Gasteiger partial charge in [0.25, 0.3) is 0 Å². The Morgan fingerprint density at radius 3 is 2.74 bits per heavy atom. The van der Waals surface area contributed by atoms with Crippen molar-refractivity contribution in [3.63, 3.8) is 0 Å². The molecular weight excluding hydrogens is 242 g/mol. The molecule has 1 aromatic carbocycles. The Balaban J connectivity index is 2.54. The second kappa shape index (κ2) is 5.01. The van der Waals surface area contributed by atoms with E-state index < -0.39 is 5.97 Å². The number of carboxylic acids is 1. The molecule has 0 spiro atoms. The van der Waals surface area contributed by atoms with E-state index in [1.807, 2.05) is 27.1 Å². The number of carbonyl (C=O) groups is 1. The first-order chi connectivity index (χ1) is 8.91. The number of aryl methyl sites for hydroxylation is 1. The fraction of sp³-hybridized carbons (Fsp3) is 0.429. The molecule has 2 aromatic rings. The van der Waals surface area contributed by atoms with E-state index in [2.05, 4.69) is 21.4 Å². The van der Waals surface area contributed by atoms with Crippen molar-refractivity contribution in [1.82, 2.24) is 14.5 Å². The van der Waals surface area contributed by atoms with E-state index in [-0.39, 0.29) is 5.56 Å². The summed E-state index contributed by atoms with van der Waals surface area (Å²) in [4.78, 5) is 17.7. The lowest BCUT2D eigenvalue weighted by molar-refractivity contribution is 0.0699. The zero-order chi connectivity index (χ0) is 14.2. The van der Waals surface area contributed by atoms with Gasteiger partial charge >= 0.3 is 5.97 Å². The minimum Gasteiger partial charge on any atom is -0.478 e. The molecule has 0 saturated carbocycles. The molecule has 5 heteroatoms. The number of benzene rings is 1. The van der Waals surface area contributed by atoms with E-state index in [4.69, 9.17) is 0 Å². The van der Waals surface area contributed by atoms with E-state index in [1.165, 1.54) is 0 Å². The van der Waals surface area contributed by atoms with E-state index in [0.29, 0.717) is 11.6 Å². The zero-order valence-corrected chi connectivity index (χ0v) is 11.7. The van der Waals surface area contributed by atoms with Crippen LogP contribution in [0.5, 0.6) is 0 Å². The summed E-state index contributed by atoms with van der Waals surface area (Å²) >= 11 is 0. The Morgan fingerprint density at radius 1 is 1.47 bits per heavy atom. The maximum Gasteiger partial charge on any atom is 0.337 e. The molecular formula is C14H19N3O2. The Hall–Kier alpha value is -1.88. The molecule has 0 saturated heterocycles. The van der Waals surface area contributed by atoms with Crippen LogP contribution in [-0.4, -0.2) is 45.7 Å². The maximum absolute atomic E-state index is 11.2. The highest BCUT2D eigenvalue weighted by Gasteiger charge is 2.16. The third-order valence-corrected chi connectivity index (χ3v) is 3.53. The largest absolute Gasteiger partial charge is 0.478 e. The van der Waals surface area contributed by atoms with Gasteiger partial charge < -0.3 is 14.6 Å². The van der Waals surface area contributed by atoms with Gasteiger partial charge in [0.2, 0.25) is 0 Å². The number of rotatable bonds is 4. The highest BCUT2D eigenvalue weighted by Crippen LogP contribution is 2.20. The quantitative estimate of drug-likeness (QED) is 0.914. The first-order valence-electron chi connectivity index (χ1n) is 6.27. The number of imidazole rings is 1. The maximum atomic E-state index is 11.2. The van der Waals surface area contributed by atoms with Crippen molar-refractivity contribution in [2.75, 3.05) is 14.1 Å². The van der Waals surface area contributed by atoms with Gasteiger partial charge in [-0.1, -0.05) is 6.07 Å². The molecule has 1 unspecified atom stereocenters. The second-order valence-corrected chi connectivity index (χ2v) is 5.06. The van der Waals surface area contributed by atoms with Crippen LogP contribution < -0.4 is 0 Å². The topological polar surface area (TPSA) is 58.4 Å². The van der Waals surface area contributed by atoms with Crippen LogP contribution in [0, 0.1) is 6.92 Å².